The number of carbonyl (C=O) groups excluding carboxylic acids is 1. The minimum absolute atomic E-state index is 0.0452. The molecule has 1 atom stereocenters. The maximum absolute atomic E-state index is 13.1. The number of aromatic amines is 2. The summed E-state index contributed by atoms with van der Waals surface area (Å²) in [4.78, 5) is 44.6. The van der Waals surface area contributed by atoms with E-state index >= 15 is 0 Å². The second kappa shape index (κ2) is 9.08. The molecule has 13 heteroatoms. The number of amides is 1. The van der Waals surface area contributed by atoms with Gasteiger partial charge in [-0.2, -0.15) is 4.31 Å². The van der Waals surface area contributed by atoms with Crippen molar-refractivity contribution in [2.24, 2.45) is 5.92 Å². The van der Waals surface area contributed by atoms with Gasteiger partial charge in [0.25, 0.3) is 5.56 Å². The van der Waals surface area contributed by atoms with Crippen LogP contribution in [0.25, 0.3) is 10.2 Å². The summed E-state index contributed by atoms with van der Waals surface area (Å²) in [7, 11) is -4.20. The first kappa shape index (κ1) is 23.1. The van der Waals surface area contributed by atoms with E-state index in [9.17, 15) is 22.8 Å². The summed E-state index contributed by atoms with van der Waals surface area (Å²) < 4.78 is 33.7. The number of nitrogens with one attached hydrogen (secondary N) is 3. The Bertz CT molecular complexity index is 1420. The molecule has 1 saturated heterocycles. The van der Waals surface area contributed by atoms with Gasteiger partial charge in [-0.25, -0.2) is 18.2 Å². The fraction of sp³-hybridized carbons (Fsp3) is 0.400. The van der Waals surface area contributed by atoms with E-state index in [4.69, 9.17) is 4.74 Å². The van der Waals surface area contributed by atoms with Crippen LogP contribution >= 0.6 is 11.3 Å². The summed E-state index contributed by atoms with van der Waals surface area (Å²) in [6.45, 7) is 3.88. The number of ether oxygens (including phenoxy) is 1. The molecule has 3 aromatic rings. The molecule has 1 amide bonds. The van der Waals surface area contributed by atoms with Gasteiger partial charge in [-0.15, -0.1) is 0 Å². The minimum Gasteiger partial charge on any atom is -0.494 e. The lowest BCUT2D eigenvalue weighted by atomic mass is 9.99. The van der Waals surface area contributed by atoms with Crippen LogP contribution < -0.4 is 21.3 Å². The lowest BCUT2D eigenvalue weighted by molar-refractivity contribution is -0.120. The second-order valence-corrected chi connectivity index (χ2v) is 10.5. The third-order valence-corrected chi connectivity index (χ3v) is 8.28. The third-order valence-electron chi connectivity index (χ3n) is 5.33. The first-order valence-electron chi connectivity index (χ1n) is 10.4. The SMILES string of the molecule is CCOc1ccc2nc(NC(=O)C3CCCN(S(=O)(=O)c4c(C)[nH]c(=O)[nH]c4=O)C3)sc2c1. The highest BCUT2D eigenvalue weighted by Gasteiger charge is 2.36. The Balaban J connectivity index is 1.51. The number of hydrogen-bond donors (Lipinski definition) is 3. The summed E-state index contributed by atoms with van der Waals surface area (Å²) in [6.07, 6.45) is 0.952. The molecule has 0 spiro atoms. The summed E-state index contributed by atoms with van der Waals surface area (Å²) in [5.74, 6) is -0.236. The van der Waals surface area contributed by atoms with Crippen molar-refractivity contribution in [3.05, 3.63) is 44.7 Å². The Kier molecular flexibility index (Phi) is 6.36. The van der Waals surface area contributed by atoms with Crippen molar-refractivity contribution in [3.8, 4) is 5.75 Å². The van der Waals surface area contributed by atoms with E-state index in [0.29, 0.717) is 30.3 Å². The number of aryl methyl sites for hydroxylation is 1. The molecule has 33 heavy (non-hydrogen) atoms. The summed E-state index contributed by atoms with van der Waals surface area (Å²) in [5, 5.41) is 3.20. The smallest absolute Gasteiger partial charge is 0.325 e. The Labute approximate surface area is 192 Å². The minimum atomic E-state index is -4.20. The van der Waals surface area contributed by atoms with Gasteiger partial charge in [0, 0.05) is 18.8 Å². The zero-order chi connectivity index (χ0) is 23.8. The molecule has 3 heterocycles. The number of sulfonamides is 1. The number of rotatable bonds is 6. The Morgan fingerprint density at radius 1 is 1.33 bits per heavy atom. The van der Waals surface area contributed by atoms with Crippen LogP contribution in [0.5, 0.6) is 5.75 Å². The lowest BCUT2D eigenvalue weighted by Crippen LogP contribution is -2.45. The predicted molar refractivity (Wildman–Crippen MR) is 123 cm³/mol. The van der Waals surface area contributed by atoms with E-state index in [-0.39, 0.29) is 24.7 Å². The van der Waals surface area contributed by atoms with Gasteiger partial charge in [-0.05, 0) is 44.9 Å². The molecule has 2 aromatic heterocycles. The molecule has 11 nitrogen and oxygen atoms in total. The summed E-state index contributed by atoms with van der Waals surface area (Å²) in [5.41, 5.74) is -1.09. The standard InChI is InChI=1S/C20H23N5O6S2/c1-3-31-13-6-7-14-15(9-13)32-20(22-14)24-17(26)12-5-4-8-25(10-12)33(29,30)16-11(2)21-19(28)23-18(16)27/h6-7,9,12H,3-5,8,10H2,1-2H3,(H,22,24,26)(H2,21,23,27,28). The molecule has 1 fully saturated rings. The predicted octanol–water partition coefficient (Wildman–Crippen LogP) is 1.42. The number of anilines is 1. The Morgan fingerprint density at radius 2 is 2.12 bits per heavy atom. The second-order valence-electron chi connectivity index (χ2n) is 7.64. The van der Waals surface area contributed by atoms with Gasteiger partial charge in [-0.3, -0.25) is 14.6 Å². The maximum Gasteiger partial charge on any atom is 0.325 e. The molecule has 3 N–H and O–H groups in total. The van der Waals surface area contributed by atoms with Crippen LogP contribution in [0.3, 0.4) is 0 Å². The summed E-state index contributed by atoms with van der Waals surface area (Å²) >= 11 is 1.30. The van der Waals surface area contributed by atoms with Gasteiger partial charge >= 0.3 is 5.69 Å². The van der Waals surface area contributed by atoms with Crippen LogP contribution in [0.2, 0.25) is 0 Å². The number of benzene rings is 1. The molecule has 1 aromatic carbocycles. The van der Waals surface area contributed by atoms with Gasteiger partial charge < -0.3 is 15.0 Å². The van der Waals surface area contributed by atoms with E-state index in [2.05, 4.69) is 15.3 Å². The monoisotopic (exact) mass is 493 g/mol. The molecule has 176 valence electrons. The Morgan fingerprint density at radius 3 is 2.85 bits per heavy atom. The fourth-order valence-electron chi connectivity index (χ4n) is 3.83. The van der Waals surface area contributed by atoms with E-state index in [1.54, 1.807) is 0 Å². The van der Waals surface area contributed by atoms with E-state index in [1.807, 2.05) is 30.1 Å². The van der Waals surface area contributed by atoms with Gasteiger partial charge in [0.1, 0.15) is 5.75 Å². The molecule has 1 unspecified atom stereocenters. The Hall–Kier alpha value is -3.03. The van der Waals surface area contributed by atoms with Crippen molar-refractivity contribution in [1.82, 2.24) is 19.3 Å². The molecule has 0 bridgehead atoms. The summed E-state index contributed by atoms with van der Waals surface area (Å²) in [6, 6.07) is 5.47. The molecule has 0 saturated carbocycles. The maximum atomic E-state index is 13.1. The number of thiazole rings is 1. The average molecular weight is 494 g/mol. The van der Waals surface area contributed by atoms with Crippen LogP contribution in [0, 0.1) is 12.8 Å². The van der Waals surface area contributed by atoms with Gasteiger partial charge in [0.05, 0.1) is 22.7 Å². The van der Waals surface area contributed by atoms with Crippen molar-refractivity contribution < 1.29 is 17.9 Å². The van der Waals surface area contributed by atoms with Crippen molar-refractivity contribution in [2.75, 3.05) is 25.0 Å². The number of aromatic nitrogens is 3. The van der Waals surface area contributed by atoms with E-state index in [1.165, 1.54) is 18.3 Å². The highest BCUT2D eigenvalue weighted by molar-refractivity contribution is 7.89. The van der Waals surface area contributed by atoms with Crippen molar-refractivity contribution >= 4 is 42.6 Å². The lowest BCUT2D eigenvalue weighted by Gasteiger charge is -2.31. The van der Waals surface area contributed by atoms with Crippen molar-refractivity contribution in [3.63, 3.8) is 0 Å². The molecule has 4 rings (SSSR count). The average Bonchev–Trinajstić information content (AvgIpc) is 3.14. The van der Waals surface area contributed by atoms with Crippen LogP contribution in [0.1, 0.15) is 25.5 Å². The van der Waals surface area contributed by atoms with Crippen molar-refractivity contribution in [1.29, 1.82) is 0 Å². The topological polar surface area (TPSA) is 154 Å². The van der Waals surface area contributed by atoms with Gasteiger partial charge in [-0.1, -0.05) is 11.3 Å². The molecule has 0 aliphatic carbocycles. The number of hydrogen-bond acceptors (Lipinski definition) is 8. The normalized spacial score (nSPS) is 17.2. The van der Waals surface area contributed by atoms with E-state index in [0.717, 1.165) is 14.5 Å². The fourth-order valence-corrected chi connectivity index (χ4v) is 6.45. The number of nitrogens with zero attached hydrogens (tertiary/aromatic N) is 2. The number of carbonyl (C=O) groups is 1. The first-order valence-corrected chi connectivity index (χ1v) is 12.6. The highest BCUT2D eigenvalue weighted by Crippen LogP contribution is 2.30. The molecule has 0 radical (unpaired) electrons. The zero-order valence-corrected chi connectivity index (χ0v) is 19.6. The quantitative estimate of drug-likeness (QED) is 0.469. The van der Waals surface area contributed by atoms with Crippen LogP contribution in [0.4, 0.5) is 5.13 Å². The number of H-pyrrole nitrogens is 2. The largest absolute Gasteiger partial charge is 0.494 e. The van der Waals surface area contributed by atoms with Crippen LogP contribution in [-0.2, 0) is 14.8 Å². The number of piperidine rings is 1. The van der Waals surface area contributed by atoms with Crippen molar-refractivity contribution in [2.45, 2.75) is 31.6 Å². The van der Waals surface area contributed by atoms with Gasteiger partial charge in [0.2, 0.25) is 15.9 Å². The first-order chi connectivity index (χ1) is 15.7. The molecular weight excluding hydrogens is 470 g/mol. The number of fused-ring (bicyclic) bond motifs is 1. The highest BCUT2D eigenvalue weighted by atomic mass is 32.2. The third kappa shape index (κ3) is 4.70. The molecular formula is C20H23N5O6S2. The van der Waals surface area contributed by atoms with Crippen LogP contribution in [0.15, 0.2) is 32.7 Å². The van der Waals surface area contributed by atoms with Gasteiger partial charge in [0.15, 0.2) is 10.0 Å². The molecule has 1 aliphatic heterocycles. The van der Waals surface area contributed by atoms with Crippen LogP contribution in [-0.4, -0.2) is 53.3 Å². The zero-order valence-electron chi connectivity index (χ0n) is 18.0. The molecule has 1 aliphatic rings. The van der Waals surface area contributed by atoms with E-state index < -0.39 is 32.1 Å².